The highest BCUT2D eigenvalue weighted by molar-refractivity contribution is 7.16. The Bertz CT molecular complexity index is 1380. The lowest BCUT2D eigenvalue weighted by molar-refractivity contribution is 0.0985. The van der Waals surface area contributed by atoms with E-state index in [-0.39, 0.29) is 31.2 Å². The summed E-state index contributed by atoms with van der Waals surface area (Å²) < 4.78 is 7.08. The molecule has 4 aromatic rings. The van der Waals surface area contributed by atoms with Gasteiger partial charge in [-0.15, -0.1) is 11.3 Å². The third kappa shape index (κ3) is 4.18. The topological polar surface area (TPSA) is 123 Å². The summed E-state index contributed by atoms with van der Waals surface area (Å²) in [6.07, 6.45) is 0. The minimum Gasteiger partial charge on any atom is -0.383 e. The van der Waals surface area contributed by atoms with Crippen LogP contribution in [0.2, 0.25) is 0 Å². The second-order valence-corrected chi connectivity index (χ2v) is 7.94. The molecule has 2 heterocycles. The number of methoxy groups -OCH3 is 1. The highest BCUT2D eigenvalue weighted by Crippen LogP contribution is 2.25. The number of nitrogen functional groups attached to an aromatic ring is 1. The third-order valence-corrected chi connectivity index (χ3v) is 5.80. The zero-order valence-electron chi connectivity index (χ0n) is 17.3. The fraction of sp³-hybridized carbons (Fsp3) is 0.182. The number of benzene rings is 2. The predicted octanol–water partition coefficient (Wildman–Crippen LogP) is 2.22. The maximum Gasteiger partial charge on any atom is 0.330 e. The number of nitrogens with one attached hydrogen (secondary N) is 1. The maximum absolute atomic E-state index is 13.6. The molecule has 10 heteroatoms. The van der Waals surface area contributed by atoms with Crippen LogP contribution in [0.5, 0.6) is 0 Å². The predicted molar refractivity (Wildman–Crippen MR) is 124 cm³/mol. The van der Waals surface area contributed by atoms with Crippen LogP contribution in [0.15, 0.2) is 63.6 Å². The van der Waals surface area contributed by atoms with Gasteiger partial charge in [-0.2, -0.15) is 0 Å². The molecular weight excluding hydrogens is 430 g/mol. The van der Waals surface area contributed by atoms with Gasteiger partial charge in [-0.1, -0.05) is 30.3 Å². The average molecular weight is 452 g/mol. The van der Waals surface area contributed by atoms with Crippen LogP contribution in [0.25, 0.3) is 10.2 Å². The van der Waals surface area contributed by atoms with Crippen LogP contribution in [0.3, 0.4) is 0 Å². The fourth-order valence-electron chi connectivity index (χ4n) is 3.41. The number of ether oxygens (including phenoxy) is 1. The molecule has 0 bridgehead atoms. The van der Waals surface area contributed by atoms with E-state index >= 15 is 0 Å². The molecule has 0 aliphatic rings. The molecule has 9 nitrogen and oxygen atoms in total. The van der Waals surface area contributed by atoms with E-state index in [1.165, 1.54) is 27.9 Å². The number of carbonyl (C=O) groups is 1. The molecule has 0 unspecified atom stereocenters. The lowest BCUT2D eigenvalue weighted by Crippen LogP contribution is -2.41. The van der Waals surface area contributed by atoms with Gasteiger partial charge >= 0.3 is 5.69 Å². The molecule has 2 aromatic heterocycles. The Balaban J connectivity index is 1.85. The Morgan fingerprint density at radius 3 is 2.75 bits per heavy atom. The molecule has 0 fully saturated rings. The lowest BCUT2D eigenvalue weighted by Gasteiger charge is -2.25. The van der Waals surface area contributed by atoms with Crippen LogP contribution in [-0.4, -0.2) is 34.2 Å². The third-order valence-electron chi connectivity index (χ3n) is 5.01. The number of aromatic amines is 1. The van der Waals surface area contributed by atoms with Crippen molar-refractivity contribution >= 4 is 39.0 Å². The first-order valence-electron chi connectivity index (χ1n) is 9.80. The molecule has 2 aromatic carbocycles. The van der Waals surface area contributed by atoms with Crippen molar-refractivity contribution in [2.24, 2.45) is 0 Å². The van der Waals surface area contributed by atoms with E-state index in [1.807, 2.05) is 30.3 Å². The van der Waals surface area contributed by atoms with Gasteiger partial charge < -0.3 is 10.5 Å². The van der Waals surface area contributed by atoms with Crippen LogP contribution in [0.4, 0.5) is 11.5 Å². The second-order valence-electron chi connectivity index (χ2n) is 7.05. The number of thiazole rings is 1. The smallest absolute Gasteiger partial charge is 0.330 e. The SMILES string of the molecule is COCCn1c(N)c(N(Cc2ccccc2)C(=O)c2ccc3ncsc3c2)c(=O)[nH]c1=O. The summed E-state index contributed by atoms with van der Waals surface area (Å²) in [5, 5.41) is 0. The fourth-order valence-corrected chi connectivity index (χ4v) is 4.12. The summed E-state index contributed by atoms with van der Waals surface area (Å²) >= 11 is 1.42. The number of anilines is 2. The van der Waals surface area contributed by atoms with Crippen molar-refractivity contribution in [1.29, 1.82) is 0 Å². The molecule has 164 valence electrons. The molecule has 0 saturated heterocycles. The minimum atomic E-state index is -0.732. The number of hydrogen-bond acceptors (Lipinski definition) is 7. The van der Waals surface area contributed by atoms with Gasteiger partial charge in [-0.05, 0) is 23.8 Å². The van der Waals surface area contributed by atoms with Crippen LogP contribution >= 0.6 is 11.3 Å². The summed E-state index contributed by atoms with van der Waals surface area (Å²) in [5.74, 6) is -0.516. The molecule has 0 spiro atoms. The molecule has 0 atom stereocenters. The largest absolute Gasteiger partial charge is 0.383 e. The van der Waals surface area contributed by atoms with Gasteiger partial charge in [0.2, 0.25) is 0 Å². The first kappa shape index (κ1) is 21.5. The molecule has 0 aliphatic carbocycles. The van der Waals surface area contributed by atoms with E-state index < -0.39 is 17.2 Å². The van der Waals surface area contributed by atoms with Gasteiger partial charge in [0.25, 0.3) is 11.5 Å². The maximum atomic E-state index is 13.6. The Labute approximate surface area is 186 Å². The quantitative estimate of drug-likeness (QED) is 0.444. The molecule has 3 N–H and O–H groups in total. The second kappa shape index (κ2) is 9.16. The Morgan fingerprint density at radius 2 is 2.00 bits per heavy atom. The number of amides is 1. The monoisotopic (exact) mass is 451 g/mol. The van der Waals surface area contributed by atoms with Crippen molar-refractivity contribution in [3.8, 4) is 0 Å². The average Bonchev–Trinajstić information content (AvgIpc) is 3.26. The summed E-state index contributed by atoms with van der Waals surface area (Å²) in [6, 6.07) is 14.4. The van der Waals surface area contributed by atoms with Crippen molar-refractivity contribution in [1.82, 2.24) is 14.5 Å². The molecule has 0 saturated carbocycles. The number of aromatic nitrogens is 3. The van der Waals surface area contributed by atoms with Gasteiger partial charge in [0.1, 0.15) is 5.82 Å². The van der Waals surface area contributed by atoms with Crippen LogP contribution in [-0.2, 0) is 17.8 Å². The summed E-state index contributed by atoms with van der Waals surface area (Å²) in [6.45, 7) is 0.436. The molecule has 4 rings (SSSR count). The van der Waals surface area contributed by atoms with Crippen molar-refractivity contribution < 1.29 is 9.53 Å². The van der Waals surface area contributed by atoms with Gasteiger partial charge in [0.05, 0.1) is 35.4 Å². The van der Waals surface area contributed by atoms with Gasteiger partial charge in [0, 0.05) is 12.7 Å². The number of rotatable bonds is 7. The Kier molecular flexibility index (Phi) is 6.15. The summed E-state index contributed by atoms with van der Waals surface area (Å²) in [7, 11) is 1.49. The number of fused-ring (bicyclic) bond motifs is 1. The van der Waals surface area contributed by atoms with E-state index in [9.17, 15) is 14.4 Å². The van der Waals surface area contributed by atoms with Gasteiger partial charge in [-0.3, -0.25) is 24.0 Å². The van der Waals surface area contributed by atoms with Crippen molar-refractivity contribution in [2.45, 2.75) is 13.1 Å². The first-order chi connectivity index (χ1) is 15.5. The van der Waals surface area contributed by atoms with E-state index in [4.69, 9.17) is 10.5 Å². The number of nitrogens with two attached hydrogens (primary N) is 1. The van der Waals surface area contributed by atoms with Crippen LogP contribution in [0, 0.1) is 0 Å². The van der Waals surface area contributed by atoms with E-state index in [0.717, 1.165) is 15.8 Å². The molecule has 1 amide bonds. The van der Waals surface area contributed by atoms with Gasteiger partial charge in [-0.25, -0.2) is 9.78 Å². The number of hydrogen-bond donors (Lipinski definition) is 2. The first-order valence-corrected chi connectivity index (χ1v) is 10.7. The molecule has 0 aliphatic heterocycles. The lowest BCUT2D eigenvalue weighted by atomic mass is 10.1. The number of nitrogens with zero attached hydrogens (tertiary/aromatic N) is 3. The highest BCUT2D eigenvalue weighted by Gasteiger charge is 2.26. The van der Waals surface area contributed by atoms with E-state index in [1.54, 1.807) is 23.7 Å². The van der Waals surface area contributed by atoms with Crippen LogP contribution in [0.1, 0.15) is 15.9 Å². The van der Waals surface area contributed by atoms with Gasteiger partial charge in [0.15, 0.2) is 5.69 Å². The van der Waals surface area contributed by atoms with E-state index in [2.05, 4.69) is 9.97 Å². The Hall–Kier alpha value is -3.76. The normalized spacial score (nSPS) is 11.0. The Morgan fingerprint density at radius 1 is 1.22 bits per heavy atom. The summed E-state index contributed by atoms with van der Waals surface area (Å²) in [5.41, 5.74) is 8.45. The zero-order chi connectivity index (χ0) is 22.7. The minimum absolute atomic E-state index is 0.0843. The van der Waals surface area contributed by atoms with Crippen molar-refractivity contribution in [2.75, 3.05) is 24.4 Å². The van der Waals surface area contributed by atoms with E-state index in [0.29, 0.717) is 5.56 Å². The molecule has 0 radical (unpaired) electrons. The number of H-pyrrole nitrogens is 1. The standard InChI is InChI=1S/C22H21N5O4S/c1-31-10-9-26-19(23)18(20(28)25-22(26)30)27(12-14-5-3-2-4-6-14)21(29)15-7-8-16-17(11-15)32-13-24-16/h2-8,11,13H,9-10,12,23H2,1H3,(H,25,28,30). The summed E-state index contributed by atoms with van der Waals surface area (Å²) in [4.78, 5) is 46.6. The zero-order valence-corrected chi connectivity index (χ0v) is 18.1. The molecule has 32 heavy (non-hydrogen) atoms. The van der Waals surface area contributed by atoms with Crippen molar-refractivity contribution in [3.63, 3.8) is 0 Å². The molecular formula is C22H21N5O4S. The number of carbonyl (C=O) groups excluding carboxylic acids is 1. The van der Waals surface area contributed by atoms with Crippen molar-refractivity contribution in [3.05, 3.63) is 86.0 Å². The van der Waals surface area contributed by atoms with Crippen LogP contribution < -0.4 is 21.9 Å². The highest BCUT2D eigenvalue weighted by atomic mass is 32.1.